The summed E-state index contributed by atoms with van der Waals surface area (Å²) in [7, 11) is -3.67. The quantitative estimate of drug-likeness (QED) is 0.691. The van der Waals surface area contributed by atoms with Crippen LogP contribution in [0.5, 0.6) is 0 Å². The third kappa shape index (κ3) is 3.49. The molecule has 1 saturated heterocycles. The highest BCUT2D eigenvalue weighted by molar-refractivity contribution is 7.89. The second kappa shape index (κ2) is 7.14. The lowest BCUT2D eigenvalue weighted by Crippen LogP contribution is -2.51. The maximum absolute atomic E-state index is 13.1. The first-order valence-electron chi connectivity index (χ1n) is 9.79. The van der Waals surface area contributed by atoms with Crippen LogP contribution in [-0.4, -0.2) is 58.5 Å². The monoisotopic (exact) mass is 434 g/mol. The summed E-state index contributed by atoms with van der Waals surface area (Å²) in [5, 5.41) is 0. The number of aromatic nitrogens is 2. The van der Waals surface area contributed by atoms with Crippen molar-refractivity contribution in [3.8, 4) is 0 Å². The average molecular weight is 435 g/mol. The van der Waals surface area contributed by atoms with Crippen LogP contribution in [0.1, 0.15) is 27.7 Å². The van der Waals surface area contributed by atoms with Crippen molar-refractivity contribution in [3.63, 3.8) is 0 Å². The maximum Gasteiger partial charge on any atom is 0.245 e. The summed E-state index contributed by atoms with van der Waals surface area (Å²) in [5.74, 6) is 0.382. The Labute approximate surface area is 175 Å². The molecule has 7 nitrogen and oxygen atoms in total. The van der Waals surface area contributed by atoms with Gasteiger partial charge in [0.05, 0.1) is 17.6 Å². The van der Waals surface area contributed by atoms with Gasteiger partial charge in [0.15, 0.2) is 0 Å². The van der Waals surface area contributed by atoms with E-state index in [4.69, 9.17) is 0 Å². The molecule has 29 heavy (non-hydrogen) atoms. The molecule has 0 N–H and O–H groups in total. The second-order valence-corrected chi connectivity index (χ2v) is 11.1. The first-order valence-corrected chi connectivity index (χ1v) is 12.0. The van der Waals surface area contributed by atoms with Gasteiger partial charge in [-0.3, -0.25) is 4.79 Å². The Morgan fingerprint density at radius 1 is 1.17 bits per heavy atom. The predicted octanol–water partition coefficient (Wildman–Crippen LogP) is 2.76. The molecule has 9 heteroatoms. The molecule has 0 bridgehead atoms. The molecule has 1 aromatic heterocycles. The van der Waals surface area contributed by atoms with Crippen LogP contribution in [0.25, 0.3) is 11.0 Å². The number of benzene rings is 1. The minimum absolute atomic E-state index is 0.0182. The molecule has 2 aromatic rings. The topological polar surface area (TPSA) is 83.5 Å². The van der Waals surface area contributed by atoms with Gasteiger partial charge in [-0.05, 0) is 37.3 Å². The molecule has 156 valence electrons. The fourth-order valence-corrected chi connectivity index (χ4v) is 6.47. The van der Waals surface area contributed by atoms with Crippen LogP contribution in [-0.2, 0) is 14.8 Å². The summed E-state index contributed by atoms with van der Waals surface area (Å²) < 4.78 is 36.0. The van der Waals surface area contributed by atoms with Crippen molar-refractivity contribution in [3.05, 3.63) is 29.8 Å². The number of carbonyl (C=O) groups excluding carboxylic acids is 1. The van der Waals surface area contributed by atoms with Gasteiger partial charge in [-0.15, -0.1) is 0 Å². The Kier molecular flexibility index (Phi) is 5.03. The first-order chi connectivity index (χ1) is 13.6. The highest BCUT2D eigenvalue weighted by atomic mass is 32.2. The van der Waals surface area contributed by atoms with Crippen molar-refractivity contribution in [1.29, 1.82) is 0 Å². The van der Waals surface area contributed by atoms with Crippen LogP contribution < -0.4 is 0 Å². The molecule has 2 atom stereocenters. The van der Waals surface area contributed by atoms with Crippen LogP contribution in [0.3, 0.4) is 0 Å². The molecular formula is C20H26N4O3S2. The lowest BCUT2D eigenvalue weighted by Gasteiger charge is -2.34. The number of hydrogen-bond donors (Lipinski definition) is 0. The number of amides is 1. The van der Waals surface area contributed by atoms with Gasteiger partial charge in [-0.2, -0.15) is 13.1 Å². The normalized spacial score (nSPS) is 24.5. The molecule has 1 aliphatic heterocycles. The summed E-state index contributed by atoms with van der Waals surface area (Å²) in [6.07, 6.45) is 2.19. The van der Waals surface area contributed by atoms with E-state index in [0.29, 0.717) is 37.2 Å². The highest BCUT2D eigenvalue weighted by Crippen LogP contribution is 2.60. The van der Waals surface area contributed by atoms with E-state index in [1.165, 1.54) is 9.88 Å². The number of piperazine rings is 1. The summed E-state index contributed by atoms with van der Waals surface area (Å²) in [6, 6.07) is 5.02. The fourth-order valence-electron chi connectivity index (χ4n) is 4.29. The molecule has 1 aliphatic carbocycles. The number of fused-ring (bicyclic) bond motifs is 1. The smallest absolute Gasteiger partial charge is 0.245 e. The van der Waals surface area contributed by atoms with Gasteiger partial charge >= 0.3 is 0 Å². The summed E-state index contributed by atoms with van der Waals surface area (Å²) in [4.78, 5) is 15.1. The van der Waals surface area contributed by atoms with Crippen molar-refractivity contribution in [1.82, 2.24) is 18.0 Å². The molecule has 2 heterocycles. The van der Waals surface area contributed by atoms with Gasteiger partial charge in [0, 0.05) is 26.2 Å². The molecule has 2 aliphatic rings. The number of sulfonamides is 1. The minimum Gasteiger partial charge on any atom is -0.340 e. The zero-order valence-corrected chi connectivity index (χ0v) is 18.8. The SMILES string of the molecule is CC(C)=CC1C(C(=O)N2CCN(S(=O)(=O)c3cccc4nsnc34)CC2)C1(C)C. The van der Waals surface area contributed by atoms with Crippen LogP contribution in [0.15, 0.2) is 34.7 Å². The molecule has 4 rings (SSSR count). The highest BCUT2D eigenvalue weighted by Gasteiger charge is 2.61. The van der Waals surface area contributed by atoms with Crippen LogP contribution >= 0.6 is 11.7 Å². The van der Waals surface area contributed by atoms with E-state index >= 15 is 0 Å². The molecule has 2 unspecified atom stereocenters. The second-order valence-electron chi connectivity index (χ2n) is 8.69. The largest absolute Gasteiger partial charge is 0.340 e. The van der Waals surface area contributed by atoms with Gasteiger partial charge in [-0.25, -0.2) is 8.42 Å². The van der Waals surface area contributed by atoms with Crippen molar-refractivity contribution in [2.24, 2.45) is 17.3 Å². The van der Waals surface area contributed by atoms with Gasteiger partial charge < -0.3 is 4.90 Å². The van der Waals surface area contributed by atoms with Crippen molar-refractivity contribution < 1.29 is 13.2 Å². The standard InChI is InChI=1S/C20H26N4O3S2/c1-13(2)12-14-17(20(14,3)4)19(25)23-8-10-24(11-9-23)29(26,27)16-7-5-6-15-18(16)22-28-21-15/h5-7,12,14,17H,8-11H2,1-4H3. The van der Waals surface area contributed by atoms with Crippen molar-refractivity contribution >= 4 is 38.7 Å². The number of nitrogens with zero attached hydrogens (tertiary/aromatic N) is 4. The molecular weight excluding hydrogens is 408 g/mol. The van der Waals surface area contributed by atoms with E-state index in [-0.39, 0.29) is 28.1 Å². The van der Waals surface area contributed by atoms with E-state index in [0.717, 1.165) is 11.7 Å². The minimum atomic E-state index is -3.67. The summed E-state index contributed by atoms with van der Waals surface area (Å²) in [5.41, 5.74) is 2.19. The van der Waals surface area contributed by atoms with Gasteiger partial charge in [0.2, 0.25) is 15.9 Å². The van der Waals surface area contributed by atoms with Crippen LogP contribution in [0.2, 0.25) is 0 Å². The lowest BCUT2D eigenvalue weighted by molar-refractivity contribution is -0.134. The maximum atomic E-state index is 13.1. The zero-order valence-electron chi connectivity index (χ0n) is 17.1. The third-order valence-electron chi connectivity index (χ3n) is 6.11. The third-order valence-corrected chi connectivity index (χ3v) is 8.58. The van der Waals surface area contributed by atoms with Crippen LogP contribution in [0.4, 0.5) is 0 Å². The first kappa shape index (κ1) is 20.4. The van der Waals surface area contributed by atoms with Crippen molar-refractivity contribution in [2.75, 3.05) is 26.2 Å². The van der Waals surface area contributed by atoms with Gasteiger partial charge in [0.25, 0.3) is 0 Å². The Hall–Kier alpha value is -1.84. The molecule has 1 aromatic carbocycles. The number of allylic oxidation sites excluding steroid dienone is 2. The van der Waals surface area contributed by atoms with Crippen molar-refractivity contribution in [2.45, 2.75) is 32.6 Å². The molecule has 0 radical (unpaired) electrons. The Morgan fingerprint density at radius 3 is 2.52 bits per heavy atom. The summed E-state index contributed by atoms with van der Waals surface area (Å²) in [6.45, 7) is 9.78. The van der Waals surface area contributed by atoms with Gasteiger partial charge in [-0.1, -0.05) is 31.6 Å². The van der Waals surface area contributed by atoms with E-state index in [9.17, 15) is 13.2 Å². The lowest BCUT2D eigenvalue weighted by atomic mass is 10.1. The predicted molar refractivity (Wildman–Crippen MR) is 113 cm³/mol. The van der Waals surface area contributed by atoms with Crippen LogP contribution in [0, 0.1) is 17.3 Å². The van der Waals surface area contributed by atoms with E-state index in [1.54, 1.807) is 18.2 Å². The Morgan fingerprint density at radius 2 is 1.86 bits per heavy atom. The summed E-state index contributed by atoms with van der Waals surface area (Å²) >= 11 is 1.01. The van der Waals surface area contributed by atoms with E-state index < -0.39 is 10.0 Å². The van der Waals surface area contributed by atoms with E-state index in [1.807, 2.05) is 4.90 Å². The molecule has 1 amide bonds. The average Bonchev–Trinajstić information content (AvgIpc) is 3.01. The number of rotatable bonds is 4. The Bertz CT molecular complexity index is 1080. The number of hydrogen-bond acceptors (Lipinski definition) is 6. The zero-order chi connectivity index (χ0) is 21.0. The van der Waals surface area contributed by atoms with Gasteiger partial charge in [0.1, 0.15) is 15.9 Å². The number of carbonyl (C=O) groups is 1. The molecule has 1 saturated carbocycles. The molecule has 2 fully saturated rings. The Balaban J connectivity index is 1.47. The van der Waals surface area contributed by atoms with E-state index in [2.05, 4.69) is 42.5 Å². The molecule has 0 spiro atoms. The fraction of sp³-hybridized carbons (Fsp3) is 0.550.